The Bertz CT molecular complexity index is 1460. The Labute approximate surface area is 216 Å². The van der Waals surface area contributed by atoms with Crippen molar-refractivity contribution in [1.29, 1.82) is 0 Å². The Hall–Kier alpha value is -4.10. The number of hydroxylamine groups is 2. The number of fused-ring (bicyclic) bond motifs is 2. The van der Waals surface area contributed by atoms with Crippen molar-refractivity contribution in [2.45, 2.75) is 45.3 Å². The summed E-state index contributed by atoms with van der Waals surface area (Å²) in [6.45, 7) is 6.39. The van der Waals surface area contributed by atoms with Crippen LogP contribution in [0.2, 0.25) is 0 Å². The van der Waals surface area contributed by atoms with E-state index in [9.17, 15) is 14.8 Å². The van der Waals surface area contributed by atoms with Crippen LogP contribution in [0.4, 0.5) is 21.0 Å². The Morgan fingerprint density at radius 2 is 1.51 bits per heavy atom. The molecular formula is C30H32N4O3. The molecule has 1 heterocycles. The lowest BCUT2D eigenvalue weighted by atomic mass is 9.99. The highest BCUT2D eigenvalue weighted by atomic mass is 16.5. The highest BCUT2D eigenvalue weighted by molar-refractivity contribution is 6.06. The topological polar surface area (TPSA) is 76.1 Å². The van der Waals surface area contributed by atoms with Crippen molar-refractivity contribution < 1.29 is 14.8 Å². The number of nitrogens with one attached hydrogen (secondary N) is 1. The van der Waals surface area contributed by atoms with Crippen LogP contribution in [0.25, 0.3) is 21.5 Å². The van der Waals surface area contributed by atoms with Crippen LogP contribution in [0, 0.1) is 0 Å². The van der Waals surface area contributed by atoms with Crippen LogP contribution in [0.15, 0.2) is 84.9 Å². The van der Waals surface area contributed by atoms with E-state index in [1.54, 1.807) is 15.9 Å². The van der Waals surface area contributed by atoms with Gasteiger partial charge in [-0.25, -0.2) is 9.59 Å². The number of carbonyl (C=O) groups is 2. The molecule has 0 unspecified atom stereocenters. The summed E-state index contributed by atoms with van der Waals surface area (Å²) in [5, 5.41) is 18.7. The van der Waals surface area contributed by atoms with Crippen LogP contribution >= 0.6 is 0 Å². The predicted octanol–water partition coefficient (Wildman–Crippen LogP) is 7.06. The maximum atomic E-state index is 13.9. The van der Waals surface area contributed by atoms with Gasteiger partial charge in [0.25, 0.3) is 0 Å². The van der Waals surface area contributed by atoms with E-state index in [2.05, 4.69) is 12.2 Å². The van der Waals surface area contributed by atoms with E-state index in [1.165, 1.54) is 0 Å². The summed E-state index contributed by atoms with van der Waals surface area (Å²) in [7, 11) is 0. The van der Waals surface area contributed by atoms with Crippen molar-refractivity contribution in [3.63, 3.8) is 0 Å². The highest BCUT2D eigenvalue weighted by Crippen LogP contribution is 2.40. The van der Waals surface area contributed by atoms with Crippen molar-refractivity contribution >= 4 is 45.0 Å². The van der Waals surface area contributed by atoms with Gasteiger partial charge in [0.15, 0.2) is 6.17 Å². The third kappa shape index (κ3) is 4.25. The molecule has 1 aliphatic heterocycles. The standard InChI is InChI=1S/C30H32N4O3/c1-4-5-20-32-29(36)33(26-19-11-15-22-13-7-9-17-24(22)26)27(30(32,2)3)34(37)28(35)31-25-18-10-14-21-12-6-8-16-23(21)25/h6-19,27,37H,4-5,20H2,1-3H3,(H,31,35)/t27-/m0/s1. The van der Waals surface area contributed by atoms with Gasteiger partial charge in [-0.05, 0) is 43.2 Å². The number of hydrogen-bond donors (Lipinski definition) is 2. The molecule has 1 atom stereocenters. The number of carbonyl (C=O) groups excluding carboxylic acids is 2. The Morgan fingerprint density at radius 1 is 0.919 bits per heavy atom. The number of hydrogen-bond acceptors (Lipinski definition) is 3. The maximum absolute atomic E-state index is 13.9. The third-order valence-electron chi connectivity index (χ3n) is 7.24. The molecule has 5 rings (SSSR count). The Balaban J connectivity index is 1.56. The number of urea groups is 2. The van der Waals surface area contributed by atoms with E-state index >= 15 is 0 Å². The first kappa shape index (κ1) is 24.6. The Morgan fingerprint density at radius 3 is 2.22 bits per heavy atom. The zero-order valence-electron chi connectivity index (χ0n) is 21.4. The van der Waals surface area contributed by atoms with Gasteiger partial charge in [-0.2, -0.15) is 5.06 Å². The fraction of sp³-hybridized carbons (Fsp3) is 0.267. The van der Waals surface area contributed by atoms with Crippen LogP contribution in [0.1, 0.15) is 33.6 Å². The van der Waals surface area contributed by atoms with E-state index in [4.69, 9.17) is 0 Å². The normalized spacial score (nSPS) is 17.0. The van der Waals surface area contributed by atoms with Crippen LogP contribution in [0.5, 0.6) is 0 Å². The molecule has 4 aromatic rings. The highest BCUT2D eigenvalue weighted by Gasteiger charge is 2.56. The largest absolute Gasteiger partial charge is 0.347 e. The summed E-state index contributed by atoms with van der Waals surface area (Å²) in [6, 6.07) is 26.0. The molecule has 190 valence electrons. The SMILES string of the molecule is CCCCN1C(=O)N(c2cccc3ccccc23)[C@@H](N(O)C(=O)Nc2cccc3ccccc23)C1(C)C. The van der Waals surface area contributed by atoms with Gasteiger partial charge in [0.2, 0.25) is 0 Å². The average Bonchev–Trinajstić information content (AvgIpc) is 3.10. The molecule has 4 aromatic carbocycles. The lowest BCUT2D eigenvalue weighted by Crippen LogP contribution is -2.58. The fourth-order valence-electron chi connectivity index (χ4n) is 5.32. The van der Waals surface area contributed by atoms with E-state index in [-0.39, 0.29) is 6.03 Å². The third-order valence-corrected chi connectivity index (χ3v) is 7.24. The first-order valence-corrected chi connectivity index (χ1v) is 12.7. The summed E-state index contributed by atoms with van der Waals surface area (Å²) < 4.78 is 0. The van der Waals surface area contributed by atoms with Crippen LogP contribution in [-0.4, -0.2) is 45.5 Å². The number of amides is 4. The number of benzene rings is 4. The molecule has 0 aliphatic carbocycles. The molecule has 0 saturated carbocycles. The smallest absolute Gasteiger partial charge is 0.315 e. The molecule has 0 radical (unpaired) electrons. The van der Waals surface area contributed by atoms with Crippen molar-refractivity contribution in [3.8, 4) is 0 Å². The van der Waals surface area contributed by atoms with E-state index in [0.29, 0.717) is 23.0 Å². The number of rotatable bonds is 6. The quantitative estimate of drug-likeness (QED) is 0.222. The minimum Gasteiger partial charge on any atom is -0.315 e. The van der Waals surface area contributed by atoms with Gasteiger partial charge >= 0.3 is 12.1 Å². The lowest BCUT2D eigenvalue weighted by Gasteiger charge is -2.38. The van der Waals surface area contributed by atoms with Gasteiger partial charge in [0, 0.05) is 17.3 Å². The first-order valence-electron chi connectivity index (χ1n) is 12.7. The van der Waals surface area contributed by atoms with Crippen LogP contribution < -0.4 is 10.2 Å². The second-order valence-electron chi connectivity index (χ2n) is 9.98. The molecule has 37 heavy (non-hydrogen) atoms. The van der Waals surface area contributed by atoms with Crippen molar-refractivity contribution in [3.05, 3.63) is 84.9 Å². The Kier molecular flexibility index (Phi) is 6.48. The molecule has 0 bridgehead atoms. The molecule has 7 nitrogen and oxygen atoms in total. The van der Waals surface area contributed by atoms with Gasteiger partial charge in [-0.15, -0.1) is 0 Å². The maximum Gasteiger partial charge on any atom is 0.347 e. The van der Waals surface area contributed by atoms with Gasteiger partial charge in [0.05, 0.1) is 16.9 Å². The number of nitrogens with zero attached hydrogens (tertiary/aromatic N) is 3. The van der Waals surface area contributed by atoms with Crippen molar-refractivity contribution in [2.75, 3.05) is 16.8 Å². The molecular weight excluding hydrogens is 464 g/mol. The summed E-state index contributed by atoms with van der Waals surface area (Å²) in [5.74, 6) is 0. The fourth-order valence-corrected chi connectivity index (χ4v) is 5.32. The summed E-state index contributed by atoms with van der Waals surface area (Å²) >= 11 is 0. The lowest BCUT2D eigenvalue weighted by molar-refractivity contribution is -0.0948. The summed E-state index contributed by atoms with van der Waals surface area (Å²) in [6.07, 6.45) is 0.778. The average molecular weight is 497 g/mol. The van der Waals surface area contributed by atoms with Gasteiger partial charge in [-0.3, -0.25) is 10.1 Å². The minimum absolute atomic E-state index is 0.239. The molecule has 0 spiro atoms. The zero-order chi connectivity index (χ0) is 26.2. The predicted molar refractivity (Wildman–Crippen MR) is 148 cm³/mol. The van der Waals surface area contributed by atoms with Gasteiger partial charge in [0.1, 0.15) is 0 Å². The molecule has 1 saturated heterocycles. The molecule has 1 aliphatic rings. The molecule has 4 amide bonds. The minimum atomic E-state index is -0.961. The summed E-state index contributed by atoms with van der Waals surface area (Å²) in [4.78, 5) is 30.7. The molecule has 1 fully saturated rings. The van der Waals surface area contributed by atoms with Crippen LogP contribution in [-0.2, 0) is 0 Å². The first-order chi connectivity index (χ1) is 17.8. The van der Waals surface area contributed by atoms with Gasteiger partial charge in [-0.1, -0.05) is 86.1 Å². The van der Waals surface area contributed by atoms with Crippen molar-refractivity contribution in [1.82, 2.24) is 9.96 Å². The van der Waals surface area contributed by atoms with Crippen LogP contribution in [0.3, 0.4) is 0 Å². The van der Waals surface area contributed by atoms with Gasteiger partial charge < -0.3 is 10.2 Å². The second-order valence-corrected chi connectivity index (χ2v) is 9.98. The molecule has 2 N–H and O–H groups in total. The molecule has 7 heteroatoms. The molecule has 0 aromatic heterocycles. The summed E-state index contributed by atoms with van der Waals surface area (Å²) in [5.41, 5.74) is 0.370. The van der Waals surface area contributed by atoms with Crippen molar-refractivity contribution in [2.24, 2.45) is 0 Å². The van der Waals surface area contributed by atoms with E-state index in [0.717, 1.165) is 34.4 Å². The number of unbranched alkanes of at least 4 members (excludes halogenated alkanes) is 1. The monoisotopic (exact) mass is 496 g/mol. The second kappa shape index (κ2) is 9.75. The number of anilines is 2. The van der Waals surface area contributed by atoms with E-state index < -0.39 is 17.7 Å². The van der Waals surface area contributed by atoms with E-state index in [1.807, 2.05) is 92.7 Å². The zero-order valence-corrected chi connectivity index (χ0v) is 21.4.